The van der Waals surface area contributed by atoms with Crippen molar-refractivity contribution in [3.63, 3.8) is 0 Å². The maximum atomic E-state index is 15.0. The zero-order valence-electron chi connectivity index (χ0n) is 20.2. The molecule has 0 unspecified atom stereocenters. The van der Waals surface area contributed by atoms with E-state index in [1.54, 1.807) is 12.1 Å². The summed E-state index contributed by atoms with van der Waals surface area (Å²) in [6, 6.07) is 11.1. The van der Waals surface area contributed by atoms with Crippen LogP contribution in [0.1, 0.15) is 69.4 Å². The van der Waals surface area contributed by atoms with Gasteiger partial charge in [-0.15, -0.1) is 0 Å². The van der Waals surface area contributed by atoms with E-state index in [0.717, 1.165) is 38.5 Å². The Labute approximate surface area is 201 Å². The van der Waals surface area contributed by atoms with Crippen molar-refractivity contribution in [2.75, 3.05) is 13.2 Å². The molecule has 34 heavy (non-hydrogen) atoms. The van der Waals surface area contributed by atoms with Crippen LogP contribution in [-0.2, 0) is 15.9 Å². The van der Waals surface area contributed by atoms with Gasteiger partial charge in [0.1, 0.15) is 0 Å². The Kier molecular flexibility index (Phi) is 8.15. The maximum Gasteiger partial charge on any atom is 0.177 e. The van der Waals surface area contributed by atoms with Crippen molar-refractivity contribution in [1.82, 2.24) is 0 Å². The molecule has 2 aliphatic rings. The number of rotatable bonds is 7. The summed E-state index contributed by atoms with van der Waals surface area (Å²) in [5.41, 5.74) is 1.26. The van der Waals surface area contributed by atoms with Gasteiger partial charge < -0.3 is 9.47 Å². The van der Waals surface area contributed by atoms with Gasteiger partial charge in [0.05, 0.1) is 13.2 Å². The number of aryl methyl sites for hydroxylation is 1. The molecular formula is C29H35F3O2. The molecule has 0 aromatic heterocycles. The van der Waals surface area contributed by atoms with Gasteiger partial charge in [-0.25, -0.2) is 13.2 Å². The van der Waals surface area contributed by atoms with Crippen molar-refractivity contribution < 1.29 is 22.6 Å². The van der Waals surface area contributed by atoms with Gasteiger partial charge in [0.2, 0.25) is 0 Å². The highest BCUT2D eigenvalue weighted by atomic mass is 19.2. The lowest BCUT2D eigenvalue weighted by Gasteiger charge is -2.33. The fourth-order valence-corrected chi connectivity index (χ4v) is 5.15. The smallest absolute Gasteiger partial charge is 0.177 e. The molecule has 0 N–H and O–H groups in total. The lowest BCUT2D eigenvalue weighted by Crippen LogP contribution is -2.43. The summed E-state index contributed by atoms with van der Waals surface area (Å²) < 4.78 is 55.5. The first-order valence-electron chi connectivity index (χ1n) is 12.6. The number of hydrogen-bond donors (Lipinski definition) is 0. The second kappa shape index (κ2) is 11.1. The third kappa shape index (κ3) is 5.75. The van der Waals surface area contributed by atoms with Crippen molar-refractivity contribution >= 4 is 0 Å². The van der Waals surface area contributed by atoms with Crippen LogP contribution in [0.2, 0.25) is 0 Å². The normalized spacial score (nSPS) is 27.9. The Balaban J connectivity index is 1.33. The van der Waals surface area contributed by atoms with Gasteiger partial charge in [0, 0.05) is 5.56 Å². The van der Waals surface area contributed by atoms with Gasteiger partial charge in [0.15, 0.2) is 23.6 Å². The van der Waals surface area contributed by atoms with E-state index in [0.29, 0.717) is 29.0 Å². The molecule has 0 atom stereocenters. The molecule has 0 spiro atoms. The molecular weight excluding hydrogens is 437 g/mol. The lowest BCUT2D eigenvalue weighted by atomic mass is 9.78. The predicted octanol–water partition coefficient (Wildman–Crippen LogP) is 7.91. The largest absolute Gasteiger partial charge is 0.346 e. The maximum absolute atomic E-state index is 15.0. The second-order valence-corrected chi connectivity index (χ2v) is 9.77. The first-order valence-corrected chi connectivity index (χ1v) is 12.6. The molecule has 1 saturated carbocycles. The van der Waals surface area contributed by atoms with Crippen molar-refractivity contribution in [3.05, 3.63) is 71.3 Å². The van der Waals surface area contributed by atoms with E-state index < -0.39 is 23.6 Å². The average molecular weight is 473 g/mol. The summed E-state index contributed by atoms with van der Waals surface area (Å²) in [4.78, 5) is 0. The monoisotopic (exact) mass is 472 g/mol. The van der Waals surface area contributed by atoms with Crippen molar-refractivity contribution in [1.29, 1.82) is 0 Å². The minimum atomic E-state index is -1.38. The fourth-order valence-electron chi connectivity index (χ4n) is 5.15. The highest BCUT2D eigenvalue weighted by molar-refractivity contribution is 5.65. The number of allylic oxidation sites excluding steroid dienone is 1. The SMILES string of the molecule is CCCC1(F)COC(/C=C/C2CCC(c3ccc(-c4ccc(CC)cc4)c(F)c3F)CC2)OC1. The van der Waals surface area contributed by atoms with E-state index in [4.69, 9.17) is 9.47 Å². The highest BCUT2D eigenvalue weighted by Crippen LogP contribution is 2.39. The standard InChI is InChI=1S/C29H35F3O2/c1-3-17-29(32)18-33-26(34-19-29)16-9-21-7-12-23(13-8-21)25-15-14-24(27(30)28(25)31)22-10-5-20(4-2)6-11-22/h5-6,9-11,14-16,21,23,26H,3-4,7-8,12-13,17-19H2,1-2H3/b16-9+. The van der Waals surface area contributed by atoms with Crippen LogP contribution < -0.4 is 0 Å². The van der Waals surface area contributed by atoms with E-state index in [1.165, 1.54) is 5.56 Å². The molecule has 0 radical (unpaired) electrons. The first kappa shape index (κ1) is 25.0. The molecule has 2 fully saturated rings. The Morgan fingerprint density at radius 2 is 1.56 bits per heavy atom. The van der Waals surface area contributed by atoms with Gasteiger partial charge in [-0.3, -0.25) is 0 Å². The summed E-state index contributed by atoms with van der Waals surface area (Å²) >= 11 is 0. The van der Waals surface area contributed by atoms with Gasteiger partial charge in [-0.1, -0.05) is 62.7 Å². The molecule has 2 nitrogen and oxygen atoms in total. The van der Waals surface area contributed by atoms with Gasteiger partial charge in [-0.05, 0) is 73.1 Å². The minimum absolute atomic E-state index is 0.0130. The molecule has 2 aromatic rings. The van der Waals surface area contributed by atoms with Crippen LogP contribution in [-0.4, -0.2) is 25.2 Å². The van der Waals surface area contributed by atoms with E-state index >= 15 is 4.39 Å². The number of hydrogen-bond acceptors (Lipinski definition) is 2. The van der Waals surface area contributed by atoms with E-state index in [9.17, 15) is 8.78 Å². The fraction of sp³-hybridized carbons (Fsp3) is 0.517. The molecule has 5 heteroatoms. The Morgan fingerprint density at radius 1 is 0.882 bits per heavy atom. The third-order valence-electron chi connectivity index (χ3n) is 7.25. The molecule has 4 rings (SSSR count). The van der Waals surface area contributed by atoms with Crippen molar-refractivity contribution in [3.8, 4) is 11.1 Å². The molecule has 1 aliphatic heterocycles. The van der Waals surface area contributed by atoms with Crippen LogP contribution in [0.5, 0.6) is 0 Å². The predicted molar refractivity (Wildman–Crippen MR) is 129 cm³/mol. The Hall–Kier alpha value is -2.11. The number of benzene rings is 2. The number of alkyl halides is 1. The summed E-state index contributed by atoms with van der Waals surface area (Å²) in [6.07, 6.45) is 8.91. The van der Waals surface area contributed by atoms with Gasteiger partial charge >= 0.3 is 0 Å². The molecule has 0 bridgehead atoms. The van der Waals surface area contributed by atoms with Crippen LogP contribution >= 0.6 is 0 Å². The Morgan fingerprint density at radius 3 is 2.18 bits per heavy atom. The zero-order valence-corrected chi connectivity index (χ0v) is 20.2. The molecule has 1 saturated heterocycles. The van der Waals surface area contributed by atoms with Crippen molar-refractivity contribution in [2.24, 2.45) is 5.92 Å². The van der Waals surface area contributed by atoms with Gasteiger partial charge in [-0.2, -0.15) is 0 Å². The van der Waals surface area contributed by atoms with Crippen LogP contribution in [0.15, 0.2) is 48.6 Å². The van der Waals surface area contributed by atoms with Crippen LogP contribution in [0, 0.1) is 17.6 Å². The first-order chi connectivity index (χ1) is 16.4. The molecule has 1 aliphatic carbocycles. The second-order valence-electron chi connectivity index (χ2n) is 9.77. The minimum Gasteiger partial charge on any atom is -0.346 e. The van der Waals surface area contributed by atoms with E-state index in [1.807, 2.05) is 37.3 Å². The summed E-state index contributed by atoms with van der Waals surface area (Å²) in [5.74, 6) is -1.14. The quantitative estimate of drug-likeness (QED) is 0.381. The Bertz CT molecular complexity index is 970. The summed E-state index contributed by atoms with van der Waals surface area (Å²) in [6.45, 7) is 4.14. The topological polar surface area (TPSA) is 18.5 Å². The highest BCUT2D eigenvalue weighted by Gasteiger charge is 2.35. The average Bonchev–Trinajstić information content (AvgIpc) is 2.86. The van der Waals surface area contributed by atoms with Crippen LogP contribution in [0.25, 0.3) is 11.1 Å². The zero-order chi connectivity index (χ0) is 24.1. The molecule has 184 valence electrons. The van der Waals surface area contributed by atoms with E-state index in [2.05, 4.69) is 13.0 Å². The van der Waals surface area contributed by atoms with Crippen molar-refractivity contribution in [2.45, 2.75) is 76.7 Å². The molecule has 0 amide bonds. The lowest BCUT2D eigenvalue weighted by molar-refractivity contribution is -0.213. The van der Waals surface area contributed by atoms with Gasteiger partial charge in [0.25, 0.3) is 0 Å². The van der Waals surface area contributed by atoms with Crippen LogP contribution in [0.3, 0.4) is 0 Å². The molecule has 2 aromatic carbocycles. The van der Waals surface area contributed by atoms with Crippen LogP contribution in [0.4, 0.5) is 13.2 Å². The third-order valence-corrected chi connectivity index (χ3v) is 7.25. The number of halogens is 3. The summed E-state index contributed by atoms with van der Waals surface area (Å²) in [5, 5.41) is 0. The summed E-state index contributed by atoms with van der Waals surface area (Å²) in [7, 11) is 0. The number of ether oxygens (including phenoxy) is 2. The molecule has 1 heterocycles. The van der Waals surface area contributed by atoms with E-state index in [-0.39, 0.29) is 19.1 Å².